The van der Waals surface area contributed by atoms with Crippen LogP contribution in [0.3, 0.4) is 0 Å². The van der Waals surface area contributed by atoms with E-state index in [4.69, 9.17) is 20.2 Å². The van der Waals surface area contributed by atoms with E-state index in [9.17, 15) is 14.4 Å². The molecule has 2 aromatic heterocycles. The molecule has 6 heterocycles. The number of nitrogen functional groups attached to an aromatic ring is 1. The molecule has 10 nitrogen and oxygen atoms in total. The molecule has 284 valence electrons. The van der Waals surface area contributed by atoms with E-state index >= 15 is 22.0 Å². The molecule has 4 atom stereocenters. The quantitative estimate of drug-likeness (QED) is 0.198. The average molecular weight is 772 g/mol. The molecule has 2 N–H and O–H groups in total. The van der Waals surface area contributed by atoms with Crippen molar-refractivity contribution in [3.05, 3.63) is 41.0 Å². The van der Waals surface area contributed by atoms with Gasteiger partial charge in [-0.1, -0.05) is 6.07 Å². The minimum absolute atomic E-state index is 0.0116. The van der Waals surface area contributed by atoms with E-state index < -0.39 is 52.3 Å². The van der Waals surface area contributed by atoms with E-state index in [0.29, 0.717) is 63.1 Å². The largest absolute Gasteiger partial charge is 0.461 e. The van der Waals surface area contributed by atoms with Gasteiger partial charge in [0, 0.05) is 54.9 Å². The predicted octanol–water partition coefficient (Wildman–Crippen LogP) is 6.58. The summed E-state index contributed by atoms with van der Waals surface area (Å²) in [4.78, 5) is 27.8. The van der Waals surface area contributed by atoms with E-state index in [1.54, 1.807) is 4.90 Å². The lowest BCUT2D eigenvalue weighted by Gasteiger charge is -2.33. The number of likely N-dealkylation sites (tertiary alicyclic amines) is 1. The number of ether oxygens (including phenoxy) is 2. The van der Waals surface area contributed by atoms with Gasteiger partial charge in [0.25, 0.3) is 5.91 Å². The van der Waals surface area contributed by atoms with Crippen LogP contribution < -0.4 is 15.4 Å². The monoisotopic (exact) mass is 771 g/mol. The van der Waals surface area contributed by atoms with Crippen LogP contribution in [0.5, 0.6) is 6.01 Å². The summed E-state index contributed by atoms with van der Waals surface area (Å²) in [6.07, 6.45) is -2.46. The Hall–Kier alpha value is -4.40. The fourth-order valence-corrected chi connectivity index (χ4v) is 9.84. The van der Waals surface area contributed by atoms with Gasteiger partial charge in [0.05, 0.1) is 34.0 Å². The SMILES string of the molecule is N#Cc1c(N)sc2c(F)ccc(-c3c(C(F)(F)F)cc4c(N(C5CC5)C5CCN(C(=O)C6CCO6)C5)nc(OCC56CCCN5CC(F)C6)nc4c3F)c12. The van der Waals surface area contributed by atoms with Crippen LogP contribution in [0.25, 0.3) is 32.1 Å². The first kappa shape index (κ1) is 35.3. The first-order valence-electron chi connectivity index (χ1n) is 18.1. The van der Waals surface area contributed by atoms with Crippen LogP contribution in [0.4, 0.5) is 37.2 Å². The molecular weight excluding hydrogens is 737 g/mol. The molecule has 1 amide bonds. The third-order valence-corrected chi connectivity index (χ3v) is 12.7. The maximum absolute atomic E-state index is 17.3. The number of nitrogens with two attached hydrogens (primary N) is 1. The topological polar surface area (TPSA) is 121 Å². The van der Waals surface area contributed by atoms with Crippen molar-refractivity contribution < 1.29 is 40.6 Å². The van der Waals surface area contributed by atoms with Gasteiger partial charge in [0.15, 0.2) is 5.82 Å². The summed E-state index contributed by atoms with van der Waals surface area (Å²) >= 11 is 0.687. The molecule has 1 saturated carbocycles. The number of benzene rings is 2. The molecule has 5 fully saturated rings. The molecule has 54 heavy (non-hydrogen) atoms. The Morgan fingerprint density at radius 1 is 1.15 bits per heavy atom. The maximum Gasteiger partial charge on any atom is 0.417 e. The van der Waals surface area contributed by atoms with Crippen LogP contribution in [0.1, 0.15) is 56.1 Å². The lowest BCUT2D eigenvalue weighted by Crippen LogP contribution is -2.47. The van der Waals surface area contributed by atoms with Crippen molar-refractivity contribution in [1.82, 2.24) is 19.8 Å². The molecule has 0 bridgehead atoms. The Bertz CT molecular complexity index is 2240. The van der Waals surface area contributed by atoms with E-state index in [1.807, 2.05) is 15.9 Å². The molecule has 0 radical (unpaired) electrons. The molecule has 4 aliphatic heterocycles. The number of hydrogen-bond donors (Lipinski definition) is 1. The van der Waals surface area contributed by atoms with Crippen molar-refractivity contribution in [2.24, 2.45) is 0 Å². The van der Waals surface area contributed by atoms with Crippen molar-refractivity contribution in [3.63, 3.8) is 0 Å². The highest BCUT2D eigenvalue weighted by atomic mass is 32.1. The van der Waals surface area contributed by atoms with Gasteiger partial charge in [-0.15, -0.1) is 11.3 Å². The first-order valence-corrected chi connectivity index (χ1v) is 18.9. The number of carbonyl (C=O) groups excluding carboxylic acids is 1. The molecule has 2 aromatic carbocycles. The second kappa shape index (κ2) is 12.8. The first-order chi connectivity index (χ1) is 25.9. The second-order valence-corrected chi connectivity index (χ2v) is 16.0. The molecule has 9 rings (SSSR count). The number of nitriles is 1. The number of carbonyl (C=O) groups is 1. The Labute approximate surface area is 309 Å². The van der Waals surface area contributed by atoms with Gasteiger partial charge in [0.1, 0.15) is 47.1 Å². The van der Waals surface area contributed by atoms with E-state index in [2.05, 4.69) is 4.98 Å². The lowest BCUT2D eigenvalue weighted by molar-refractivity contribution is -0.155. The smallest absolute Gasteiger partial charge is 0.417 e. The zero-order valence-electron chi connectivity index (χ0n) is 28.9. The summed E-state index contributed by atoms with van der Waals surface area (Å²) < 4.78 is 104. The summed E-state index contributed by atoms with van der Waals surface area (Å²) in [7, 11) is 0. The number of rotatable bonds is 8. The molecule has 17 heteroatoms. The van der Waals surface area contributed by atoms with E-state index in [-0.39, 0.29) is 87.5 Å². The van der Waals surface area contributed by atoms with Crippen LogP contribution in [0.15, 0.2) is 18.2 Å². The molecule has 0 spiro atoms. The Balaban J connectivity index is 1.23. The van der Waals surface area contributed by atoms with Crippen molar-refractivity contribution >= 4 is 49.1 Å². The molecule has 4 aromatic rings. The molecule has 5 aliphatic rings. The van der Waals surface area contributed by atoms with Crippen LogP contribution in [-0.2, 0) is 15.7 Å². The van der Waals surface area contributed by atoms with E-state index in [1.165, 1.54) is 0 Å². The van der Waals surface area contributed by atoms with Gasteiger partial charge >= 0.3 is 12.2 Å². The molecule has 4 unspecified atom stereocenters. The number of nitrogens with zero attached hydrogens (tertiary/aromatic N) is 6. The van der Waals surface area contributed by atoms with Crippen LogP contribution in [0, 0.1) is 23.0 Å². The lowest BCUT2D eigenvalue weighted by atomic mass is 9.92. The second-order valence-electron chi connectivity index (χ2n) is 15.0. The van der Waals surface area contributed by atoms with Crippen LogP contribution >= 0.6 is 11.3 Å². The number of fused-ring (bicyclic) bond motifs is 3. The normalized spacial score (nSPS) is 25.6. The van der Waals surface area contributed by atoms with Crippen LogP contribution in [0.2, 0.25) is 0 Å². The number of alkyl halides is 4. The number of thiophene rings is 1. The predicted molar refractivity (Wildman–Crippen MR) is 188 cm³/mol. The summed E-state index contributed by atoms with van der Waals surface area (Å²) in [5.74, 6) is -2.30. The Kier molecular flexibility index (Phi) is 8.40. The van der Waals surface area contributed by atoms with Gasteiger partial charge in [-0.2, -0.15) is 28.4 Å². The molecule has 1 aliphatic carbocycles. The standard InChI is InChI=1S/C37H35F6N7O3S/c38-18-13-36(8-1-9-49(36)15-18)17-53-35-46-30-22(33(47-35)50(19-2-3-19)20-6-10-48(16-20)34(51)26-7-11-52-26)12-24(37(41,42)43)28(29(30)40)21-4-5-25(39)31-27(21)23(14-44)32(45)54-31/h4-5,12,18-20,26H,1-3,6-11,13,15-17,45H2. The maximum atomic E-state index is 17.3. The highest BCUT2D eigenvalue weighted by molar-refractivity contribution is 7.23. The molecular formula is C37H35F6N7O3S. The zero-order valence-corrected chi connectivity index (χ0v) is 29.7. The Morgan fingerprint density at radius 2 is 1.94 bits per heavy atom. The van der Waals surface area contributed by atoms with Crippen molar-refractivity contribution in [2.75, 3.05) is 50.0 Å². The third-order valence-electron chi connectivity index (χ3n) is 11.7. The van der Waals surface area contributed by atoms with E-state index in [0.717, 1.165) is 24.6 Å². The van der Waals surface area contributed by atoms with Crippen molar-refractivity contribution in [1.29, 1.82) is 5.26 Å². The van der Waals surface area contributed by atoms with Gasteiger partial charge < -0.3 is 25.0 Å². The van der Waals surface area contributed by atoms with Crippen molar-refractivity contribution in [2.45, 2.75) is 81.0 Å². The summed E-state index contributed by atoms with van der Waals surface area (Å²) in [6.45, 7) is 2.10. The minimum Gasteiger partial charge on any atom is -0.461 e. The zero-order chi connectivity index (χ0) is 37.7. The fraction of sp³-hybridized carbons (Fsp3) is 0.514. The number of amides is 1. The summed E-state index contributed by atoms with van der Waals surface area (Å²) in [5.41, 5.74) is 1.99. The van der Waals surface area contributed by atoms with Crippen molar-refractivity contribution in [3.8, 4) is 23.2 Å². The average Bonchev–Trinajstić information content (AvgIpc) is 3.38. The van der Waals surface area contributed by atoms with Gasteiger partial charge in [-0.3, -0.25) is 9.69 Å². The highest BCUT2D eigenvalue weighted by Crippen LogP contribution is 2.49. The molecule has 4 saturated heterocycles. The van der Waals surface area contributed by atoms with Gasteiger partial charge in [-0.25, -0.2) is 13.2 Å². The number of anilines is 2. The number of halogens is 6. The summed E-state index contributed by atoms with van der Waals surface area (Å²) in [6, 6.07) is 3.78. The summed E-state index contributed by atoms with van der Waals surface area (Å²) in [5, 5.41) is 9.33. The number of aromatic nitrogens is 2. The van der Waals surface area contributed by atoms with Crippen LogP contribution in [-0.4, -0.2) is 95.0 Å². The Morgan fingerprint density at radius 3 is 2.65 bits per heavy atom. The van der Waals surface area contributed by atoms with Gasteiger partial charge in [0.2, 0.25) is 0 Å². The minimum atomic E-state index is -5.12. The fourth-order valence-electron chi connectivity index (χ4n) is 8.90. The third kappa shape index (κ3) is 5.71. The number of hydrogen-bond acceptors (Lipinski definition) is 10. The highest BCUT2D eigenvalue weighted by Gasteiger charge is 2.50. The van der Waals surface area contributed by atoms with Gasteiger partial charge in [-0.05, 0) is 56.3 Å².